The molecule has 0 radical (unpaired) electrons. The molecule has 0 aliphatic rings. The number of nitrogens with zero attached hydrogens (tertiary/aromatic N) is 3. The lowest BCUT2D eigenvalue weighted by molar-refractivity contribution is -0.138. The third-order valence-corrected chi connectivity index (χ3v) is 2.78. The monoisotopic (exact) mass is 294 g/mol. The molecule has 1 heterocycles. The number of carboxylic acid groups (broad SMARTS) is 1. The molecular formula is C13H15FN4O3. The minimum absolute atomic E-state index is 0.0130. The lowest BCUT2D eigenvalue weighted by atomic mass is 10.2. The van der Waals surface area contributed by atoms with E-state index in [4.69, 9.17) is 5.11 Å². The van der Waals surface area contributed by atoms with Gasteiger partial charge in [0.05, 0.1) is 6.20 Å². The SMILES string of the molecule is O=C(O)C(Nc1cccc(F)c1)c1cn(CCCO)nn1. The first-order valence-corrected chi connectivity index (χ1v) is 6.36. The Balaban J connectivity index is 2.15. The normalized spacial score (nSPS) is 12.1. The maximum absolute atomic E-state index is 13.1. The van der Waals surface area contributed by atoms with Gasteiger partial charge < -0.3 is 15.5 Å². The number of nitrogens with one attached hydrogen (secondary N) is 1. The molecule has 0 saturated carbocycles. The lowest BCUT2D eigenvalue weighted by Gasteiger charge is -2.13. The van der Waals surface area contributed by atoms with Crippen LogP contribution in [0.3, 0.4) is 0 Å². The van der Waals surface area contributed by atoms with Crippen LogP contribution in [0.1, 0.15) is 18.2 Å². The number of aliphatic carboxylic acids is 1. The van der Waals surface area contributed by atoms with Gasteiger partial charge in [-0.25, -0.2) is 9.18 Å². The summed E-state index contributed by atoms with van der Waals surface area (Å²) in [6.45, 7) is 0.453. The van der Waals surface area contributed by atoms with E-state index in [9.17, 15) is 14.3 Å². The van der Waals surface area contributed by atoms with E-state index in [2.05, 4.69) is 15.6 Å². The number of aliphatic hydroxyl groups is 1. The van der Waals surface area contributed by atoms with Gasteiger partial charge in [-0.05, 0) is 24.6 Å². The molecule has 0 amide bonds. The second kappa shape index (κ2) is 6.80. The van der Waals surface area contributed by atoms with Gasteiger partial charge in [0, 0.05) is 18.8 Å². The molecule has 3 N–H and O–H groups in total. The Labute approximate surface area is 120 Å². The Morgan fingerprint density at radius 3 is 2.95 bits per heavy atom. The van der Waals surface area contributed by atoms with Gasteiger partial charge in [-0.15, -0.1) is 5.10 Å². The predicted molar refractivity (Wildman–Crippen MR) is 72.1 cm³/mol. The van der Waals surface area contributed by atoms with E-state index in [1.807, 2.05) is 0 Å². The van der Waals surface area contributed by atoms with Gasteiger partial charge in [0.25, 0.3) is 0 Å². The van der Waals surface area contributed by atoms with Crippen LogP contribution in [0.15, 0.2) is 30.5 Å². The standard InChI is InChI=1S/C13H15FN4O3/c14-9-3-1-4-10(7-9)15-12(13(20)21)11-8-18(17-16-11)5-2-6-19/h1,3-4,7-8,12,15,19H,2,5-6H2,(H,20,21). The fraction of sp³-hybridized carbons (Fsp3) is 0.308. The second-order valence-electron chi connectivity index (χ2n) is 4.41. The van der Waals surface area contributed by atoms with E-state index in [0.29, 0.717) is 18.7 Å². The summed E-state index contributed by atoms with van der Waals surface area (Å²) >= 11 is 0. The summed E-state index contributed by atoms with van der Waals surface area (Å²) in [5.41, 5.74) is 0.553. The molecule has 0 aliphatic heterocycles. The Hall–Kier alpha value is -2.48. The van der Waals surface area contributed by atoms with E-state index in [0.717, 1.165) is 0 Å². The second-order valence-corrected chi connectivity index (χ2v) is 4.41. The summed E-state index contributed by atoms with van der Waals surface area (Å²) in [4.78, 5) is 11.3. The maximum atomic E-state index is 13.1. The molecule has 21 heavy (non-hydrogen) atoms. The molecule has 8 heteroatoms. The Morgan fingerprint density at radius 1 is 1.48 bits per heavy atom. The molecule has 0 spiro atoms. The quantitative estimate of drug-likeness (QED) is 0.705. The Morgan fingerprint density at radius 2 is 2.29 bits per heavy atom. The first-order chi connectivity index (χ1) is 10.1. The number of rotatable bonds is 7. The molecule has 7 nitrogen and oxygen atoms in total. The van der Waals surface area contributed by atoms with Crippen LogP contribution in [-0.4, -0.2) is 37.8 Å². The van der Waals surface area contributed by atoms with Crippen LogP contribution in [0, 0.1) is 5.82 Å². The lowest BCUT2D eigenvalue weighted by Crippen LogP contribution is -2.21. The van der Waals surface area contributed by atoms with Crippen molar-refractivity contribution in [1.29, 1.82) is 0 Å². The van der Waals surface area contributed by atoms with E-state index < -0.39 is 17.8 Å². The highest BCUT2D eigenvalue weighted by Crippen LogP contribution is 2.19. The van der Waals surface area contributed by atoms with Crippen LogP contribution in [0.2, 0.25) is 0 Å². The maximum Gasteiger partial charge on any atom is 0.332 e. The number of benzene rings is 1. The number of carboxylic acids is 1. The molecule has 0 fully saturated rings. The first-order valence-electron chi connectivity index (χ1n) is 6.36. The Bertz CT molecular complexity index is 617. The van der Waals surface area contributed by atoms with Crippen molar-refractivity contribution in [3.8, 4) is 0 Å². The third kappa shape index (κ3) is 3.99. The first kappa shape index (κ1) is 14.9. The van der Waals surface area contributed by atoms with Crippen LogP contribution in [0.25, 0.3) is 0 Å². The summed E-state index contributed by atoms with van der Waals surface area (Å²) < 4.78 is 14.6. The molecule has 2 rings (SSSR count). The van der Waals surface area contributed by atoms with Crippen molar-refractivity contribution in [2.24, 2.45) is 0 Å². The predicted octanol–water partition coefficient (Wildman–Crippen LogP) is 1.04. The highest BCUT2D eigenvalue weighted by Gasteiger charge is 2.23. The third-order valence-electron chi connectivity index (χ3n) is 2.78. The van der Waals surface area contributed by atoms with Crippen LogP contribution >= 0.6 is 0 Å². The number of hydrogen-bond donors (Lipinski definition) is 3. The Kier molecular flexibility index (Phi) is 4.83. The molecule has 1 aromatic carbocycles. The molecular weight excluding hydrogens is 279 g/mol. The molecule has 2 aromatic rings. The van der Waals surface area contributed by atoms with Gasteiger partial charge in [-0.3, -0.25) is 4.68 Å². The molecule has 112 valence electrons. The summed E-state index contributed by atoms with van der Waals surface area (Å²) in [6, 6.07) is 4.39. The summed E-state index contributed by atoms with van der Waals surface area (Å²) in [5.74, 6) is -1.61. The number of hydrogen-bond acceptors (Lipinski definition) is 5. The van der Waals surface area contributed by atoms with E-state index in [-0.39, 0.29) is 12.3 Å². The summed E-state index contributed by atoms with van der Waals surface area (Å²) in [7, 11) is 0. The highest BCUT2D eigenvalue weighted by atomic mass is 19.1. The minimum atomic E-state index is -1.14. The number of carbonyl (C=O) groups is 1. The van der Waals surface area contributed by atoms with Crippen molar-refractivity contribution in [1.82, 2.24) is 15.0 Å². The number of halogens is 1. The van der Waals surface area contributed by atoms with Gasteiger partial charge in [0.15, 0.2) is 6.04 Å². The zero-order chi connectivity index (χ0) is 15.2. The van der Waals surface area contributed by atoms with Crippen molar-refractivity contribution in [3.63, 3.8) is 0 Å². The topological polar surface area (TPSA) is 100 Å². The number of aromatic nitrogens is 3. The fourth-order valence-electron chi connectivity index (χ4n) is 1.79. The number of aryl methyl sites for hydroxylation is 1. The van der Waals surface area contributed by atoms with Crippen molar-refractivity contribution in [3.05, 3.63) is 42.0 Å². The van der Waals surface area contributed by atoms with Gasteiger partial charge in [-0.1, -0.05) is 11.3 Å². The molecule has 1 atom stereocenters. The summed E-state index contributed by atoms with van der Waals surface area (Å²) in [6.07, 6.45) is 1.98. The average molecular weight is 294 g/mol. The van der Waals surface area contributed by atoms with Gasteiger partial charge in [0.2, 0.25) is 0 Å². The number of aliphatic hydroxyl groups excluding tert-OH is 1. The van der Waals surface area contributed by atoms with Crippen LogP contribution in [0.4, 0.5) is 10.1 Å². The van der Waals surface area contributed by atoms with Crippen LogP contribution < -0.4 is 5.32 Å². The molecule has 1 unspecified atom stereocenters. The minimum Gasteiger partial charge on any atom is -0.479 e. The molecule has 0 bridgehead atoms. The molecule has 1 aromatic heterocycles. The van der Waals surface area contributed by atoms with E-state index in [1.165, 1.54) is 29.1 Å². The van der Waals surface area contributed by atoms with Crippen LogP contribution in [0.5, 0.6) is 0 Å². The molecule has 0 aliphatic carbocycles. The van der Waals surface area contributed by atoms with Gasteiger partial charge in [-0.2, -0.15) is 0 Å². The van der Waals surface area contributed by atoms with Crippen molar-refractivity contribution >= 4 is 11.7 Å². The largest absolute Gasteiger partial charge is 0.479 e. The van der Waals surface area contributed by atoms with Crippen molar-refractivity contribution in [2.75, 3.05) is 11.9 Å². The highest BCUT2D eigenvalue weighted by molar-refractivity contribution is 5.78. The average Bonchev–Trinajstić information content (AvgIpc) is 2.91. The van der Waals surface area contributed by atoms with Gasteiger partial charge in [0.1, 0.15) is 11.5 Å². The van der Waals surface area contributed by atoms with Crippen molar-refractivity contribution < 1.29 is 19.4 Å². The van der Waals surface area contributed by atoms with Crippen molar-refractivity contribution in [2.45, 2.75) is 19.0 Å². The van der Waals surface area contributed by atoms with Crippen LogP contribution in [-0.2, 0) is 11.3 Å². The summed E-state index contributed by atoms with van der Waals surface area (Å²) in [5, 5.41) is 28.3. The molecule has 0 saturated heterocycles. The fourth-order valence-corrected chi connectivity index (χ4v) is 1.79. The van der Waals surface area contributed by atoms with E-state index >= 15 is 0 Å². The zero-order valence-corrected chi connectivity index (χ0v) is 11.1. The van der Waals surface area contributed by atoms with Gasteiger partial charge >= 0.3 is 5.97 Å². The smallest absolute Gasteiger partial charge is 0.332 e. The number of anilines is 1. The zero-order valence-electron chi connectivity index (χ0n) is 11.1. The van der Waals surface area contributed by atoms with E-state index in [1.54, 1.807) is 6.07 Å².